The molecule has 2 rings (SSSR count). The summed E-state index contributed by atoms with van der Waals surface area (Å²) in [4.78, 5) is 13.9. The second-order valence-electron chi connectivity index (χ2n) is 5.99. The van der Waals surface area contributed by atoms with Gasteiger partial charge in [0.1, 0.15) is 6.10 Å². The summed E-state index contributed by atoms with van der Waals surface area (Å²) >= 11 is 0. The first-order valence-electron chi connectivity index (χ1n) is 7.95. The summed E-state index contributed by atoms with van der Waals surface area (Å²) in [5, 5.41) is 0. The summed E-state index contributed by atoms with van der Waals surface area (Å²) in [7, 11) is 0. The van der Waals surface area contributed by atoms with Crippen molar-refractivity contribution < 1.29 is 27.4 Å². The van der Waals surface area contributed by atoms with Crippen LogP contribution in [0.2, 0.25) is 0 Å². The SMILES string of the molecule is CC(C)OCCC(=O)N1CCO[C@@H](c2ccc(C(F)(F)F)cc2)C1. The summed E-state index contributed by atoms with van der Waals surface area (Å²) in [6.07, 6.45) is -4.40. The molecular weight excluding hydrogens is 323 g/mol. The van der Waals surface area contributed by atoms with Crippen LogP contribution in [0.4, 0.5) is 13.2 Å². The third-order valence-electron chi connectivity index (χ3n) is 3.80. The highest BCUT2D eigenvalue weighted by molar-refractivity contribution is 5.76. The van der Waals surface area contributed by atoms with E-state index in [1.54, 1.807) is 4.90 Å². The van der Waals surface area contributed by atoms with Gasteiger partial charge in [-0.15, -0.1) is 0 Å². The molecule has 1 amide bonds. The molecule has 1 aliphatic heterocycles. The van der Waals surface area contributed by atoms with E-state index in [0.29, 0.717) is 31.9 Å². The zero-order valence-electron chi connectivity index (χ0n) is 13.8. The Morgan fingerprint density at radius 1 is 1.33 bits per heavy atom. The topological polar surface area (TPSA) is 38.8 Å². The van der Waals surface area contributed by atoms with Crippen LogP contribution in [-0.4, -0.2) is 43.2 Å². The van der Waals surface area contributed by atoms with Crippen LogP contribution in [-0.2, 0) is 20.4 Å². The molecule has 1 atom stereocenters. The van der Waals surface area contributed by atoms with Crippen molar-refractivity contribution in [2.24, 2.45) is 0 Å². The van der Waals surface area contributed by atoms with E-state index in [1.165, 1.54) is 12.1 Å². The Labute approximate surface area is 139 Å². The van der Waals surface area contributed by atoms with Crippen LogP contribution in [0.3, 0.4) is 0 Å². The van der Waals surface area contributed by atoms with Gasteiger partial charge in [-0.3, -0.25) is 4.79 Å². The quantitative estimate of drug-likeness (QED) is 0.821. The molecule has 4 nitrogen and oxygen atoms in total. The lowest BCUT2D eigenvalue weighted by molar-refractivity contribution is -0.140. The number of benzene rings is 1. The first kappa shape index (κ1) is 18.7. The van der Waals surface area contributed by atoms with Gasteiger partial charge in [-0.2, -0.15) is 13.2 Å². The fourth-order valence-electron chi connectivity index (χ4n) is 2.50. The zero-order valence-corrected chi connectivity index (χ0v) is 13.8. The summed E-state index contributed by atoms with van der Waals surface area (Å²) < 4.78 is 48.8. The van der Waals surface area contributed by atoms with Crippen LogP contribution < -0.4 is 0 Å². The molecule has 0 N–H and O–H groups in total. The minimum Gasteiger partial charge on any atom is -0.378 e. The molecule has 1 aliphatic rings. The van der Waals surface area contributed by atoms with Crippen molar-refractivity contribution in [3.05, 3.63) is 35.4 Å². The number of morpholine rings is 1. The number of amides is 1. The molecule has 0 bridgehead atoms. The minimum absolute atomic E-state index is 0.0316. The summed E-state index contributed by atoms with van der Waals surface area (Å²) in [6.45, 7) is 5.35. The van der Waals surface area contributed by atoms with E-state index < -0.39 is 17.8 Å². The molecule has 0 spiro atoms. The van der Waals surface area contributed by atoms with Crippen LogP contribution in [0.15, 0.2) is 24.3 Å². The molecule has 1 aromatic rings. The van der Waals surface area contributed by atoms with E-state index in [1.807, 2.05) is 13.8 Å². The molecule has 0 aliphatic carbocycles. The standard InChI is InChI=1S/C17H22F3NO3/c1-12(2)23-9-7-16(22)21-8-10-24-15(11-21)13-3-5-14(6-4-13)17(18,19)20/h3-6,12,15H,7-11H2,1-2H3/t15-/m1/s1. The van der Waals surface area contributed by atoms with Gasteiger partial charge in [0.25, 0.3) is 0 Å². The maximum absolute atomic E-state index is 12.6. The summed E-state index contributed by atoms with van der Waals surface area (Å²) in [5.41, 5.74) is -0.0558. The number of alkyl halides is 3. The first-order valence-corrected chi connectivity index (χ1v) is 7.95. The largest absolute Gasteiger partial charge is 0.416 e. The molecule has 0 unspecified atom stereocenters. The monoisotopic (exact) mass is 345 g/mol. The number of rotatable bonds is 5. The van der Waals surface area contributed by atoms with Gasteiger partial charge in [-0.25, -0.2) is 0 Å². The maximum atomic E-state index is 12.6. The van der Waals surface area contributed by atoms with Crippen molar-refractivity contribution in [1.82, 2.24) is 4.90 Å². The van der Waals surface area contributed by atoms with Gasteiger partial charge in [0.15, 0.2) is 0 Å². The molecule has 0 aromatic heterocycles. The lowest BCUT2D eigenvalue weighted by Gasteiger charge is -2.33. The lowest BCUT2D eigenvalue weighted by Crippen LogP contribution is -2.42. The van der Waals surface area contributed by atoms with E-state index in [2.05, 4.69) is 0 Å². The van der Waals surface area contributed by atoms with Gasteiger partial charge in [0, 0.05) is 6.54 Å². The smallest absolute Gasteiger partial charge is 0.378 e. The molecule has 7 heteroatoms. The predicted molar refractivity (Wildman–Crippen MR) is 82.4 cm³/mol. The van der Waals surface area contributed by atoms with Crippen LogP contribution in [0.25, 0.3) is 0 Å². The van der Waals surface area contributed by atoms with Crippen molar-refractivity contribution in [3.8, 4) is 0 Å². The Kier molecular flexibility index (Phi) is 6.23. The Bertz CT molecular complexity index is 543. The molecule has 1 saturated heterocycles. The average molecular weight is 345 g/mol. The Hall–Kier alpha value is -1.60. The van der Waals surface area contributed by atoms with Gasteiger partial charge in [0.05, 0.1) is 37.8 Å². The van der Waals surface area contributed by atoms with Crippen molar-refractivity contribution in [3.63, 3.8) is 0 Å². The van der Waals surface area contributed by atoms with Crippen molar-refractivity contribution in [1.29, 1.82) is 0 Å². The van der Waals surface area contributed by atoms with Gasteiger partial charge < -0.3 is 14.4 Å². The number of carbonyl (C=O) groups is 1. The number of carbonyl (C=O) groups excluding carboxylic acids is 1. The summed E-state index contributed by atoms with van der Waals surface area (Å²) in [6, 6.07) is 4.89. The van der Waals surface area contributed by atoms with E-state index in [0.717, 1.165) is 12.1 Å². The average Bonchev–Trinajstić information content (AvgIpc) is 2.54. The van der Waals surface area contributed by atoms with E-state index in [4.69, 9.17) is 9.47 Å². The van der Waals surface area contributed by atoms with Gasteiger partial charge in [-0.1, -0.05) is 12.1 Å². The van der Waals surface area contributed by atoms with Crippen LogP contribution in [0.1, 0.15) is 37.5 Å². The van der Waals surface area contributed by atoms with Crippen LogP contribution in [0, 0.1) is 0 Å². The number of halogens is 3. The third kappa shape index (κ3) is 5.21. The lowest BCUT2D eigenvalue weighted by atomic mass is 10.0. The third-order valence-corrected chi connectivity index (χ3v) is 3.80. The van der Waals surface area contributed by atoms with Crippen molar-refractivity contribution >= 4 is 5.91 Å². The normalized spacial score (nSPS) is 18.9. The molecule has 1 heterocycles. The minimum atomic E-state index is -4.36. The fourth-order valence-corrected chi connectivity index (χ4v) is 2.50. The van der Waals surface area contributed by atoms with E-state index >= 15 is 0 Å². The van der Waals surface area contributed by atoms with Gasteiger partial charge >= 0.3 is 6.18 Å². The predicted octanol–water partition coefficient (Wildman–Crippen LogP) is 3.42. The second-order valence-corrected chi connectivity index (χ2v) is 5.99. The Balaban J connectivity index is 1.94. The Morgan fingerprint density at radius 2 is 2.00 bits per heavy atom. The number of nitrogens with zero attached hydrogens (tertiary/aromatic N) is 1. The number of hydrogen-bond acceptors (Lipinski definition) is 3. The number of ether oxygens (including phenoxy) is 2. The highest BCUT2D eigenvalue weighted by Gasteiger charge is 2.31. The molecule has 1 fully saturated rings. The molecule has 24 heavy (non-hydrogen) atoms. The highest BCUT2D eigenvalue weighted by atomic mass is 19.4. The van der Waals surface area contributed by atoms with Crippen molar-refractivity contribution in [2.75, 3.05) is 26.3 Å². The number of hydrogen-bond donors (Lipinski definition) is 0. The molecule has 0 saturated carbocycles. The molecular formula is C17H22F3NO3. The van der Waals surface area contributed by atoms with Crippen LogP contribution in [0.5, 0.6) is 0 Å². The zero-order chi connectivity index (χ0) is 17.7. The second kappa shape index (κ2) is 7.98. The van der Waals surface area contributed by atoms with Crippen LogP contribution >= 0.6 is 0 Å². The molecule has 1 aromatic carbocycles. The van der Waals surface area contributed by atoms with Gasteiger partial charge in [-0.05, 0) is 31.5 Å². The van der Waals surface area contributed by atoms with E-state index in [9.17, 15) is 18.0 Å². The van der Waals surface area contributed by atoms with Gasteiger partial charge in [0.2, 0.25) is 5.91 Å². The fraction of sp³-hybridized carbons (Fsp3) is 0.588. The van der Waals surface area contributed by atoms with Crippen molar-refractivity contribution in [2.45, 2.75) is 38.7 Å². The first-order chi connectivity index (χ1) is 11.3. The summed E-state index contributed by atoms with van der Waals surface area (Å²) in [5.74, 6) is -0.0316. The molecule has 134 valence electrons. The highest BCUT2D eigenvalue weighted by Crippen LogP contribution is 2.31. The maximum Gasteiger partial charge on any atom is 0.416 e. The van der Waals surface area contributed by atoms with E-state index in [-0.39, 0.29) is 18.4 Å². The molecule has 0 radical (unpaired) electrons. The Morgan fingerprint density at radius 3 is 2.58 bits per heavy atom.